The van der Waals surface area contributed by atoms with Crippen LogP contribution >= 0.6 is 0 Å². The molecule has 5 unspecified atom stereocenters. The highest BCUT2D eigenvalue weighted by molar-refractivity contribution is 7.80. The van der Waals surface area contributed by atoms with E-state index < -0.39 is 16.5 Å². The first-order valence-corrected chi connectivity index (χ1v) is 19.5. The van der Waals surface area contributed by atoms with E-state index in [2.05, 4.69) is 36.7 Å². The van der Waals surface area contributed by atoms with Gasteiger partial charge in [0, 0.05) is 13.0 Å². The van der Waals surface area contributed by atoms with Crippen LogP contribution in [-0.4, -0.2) is 75.5 Å². The highest BCUT2D eigenvalue weighted by atomic mass is 32.3. The standard InChI is InChI=1S/C34H64N4O6S/c1-24(8-11-31(40)38-21-7-20-37-18-5-4-17-36-19-6-16-35)27-9-10-28-32-29(13-15-34(27,28)3)33(2)14-12-26(44-45(41,42)43)22-25(33)23-30(32)39/h24-30,32,36-37,39H,4-23,35H2,1-3H3,(H,38,40)(H,41,42,43)/t24?,25-,26+,27+,28?,29?,30?,32?,33-,34+/m0/s1. The highest BCUT2D eigenvalue weighted by Crippen LogP contribution is 2.68. The maximum absolute atomic E-state index is 12.7. The topological polar surface area (TPSA) is 163 Å². The largest absolute Gasteiger partial charge is 0.397 e. The zero-order valence-corrected chi connectivity index (χ0v) is 29.1. The van der Waals surface area contributed by atoms with Gasteiger partial charge in [0.05, 0.1) is 12.2 Å². The molecule has 0 aliphatic heterocycles. The number of aliphatic hydroxyl groups is 1. The molecule has 4 fully saturated rings. The summed E-state index contributed by atoms with van der Waals surface area (Å²) in [5.41, 5.74) is 5.74. The van der Waals surface area contributed by atoms with E-state index in [0.29, 0.717) is 55.9 Å². The SMILES string of the molecule is CC(CCC(=O)NCCCNCCCCNCCCN)[C@H]1CCC2C3C(O)C[C@@H]4C[C@H](OS(=O)(=O)O)CC[C@]4(C)C3CC[C@@]21C. The lowest BCUT2D eigenvalue weighted by Crippen LogP contribution is -2.58. The maximum atomic E-state index is 12.7. The molecular weight excluding hydrogens is 592 g/mol. The van der Waals surface area contributed by atoms with Crippen LogP contribution in [0.3, 0.4) is 0 Å². The Hall–Kier alpha value is -0.820. The van der Waals surface area contributed by atoms with Crippen LogP contribution in [0.2, 0.25) is 0 Å². The number of carbonyl (C=O) groups is 1. The van der Waals surface area contributed by atoms with E-state index in [1.54, 1.807) is 0 Å². The fourth-order valence-electron chi connectivity index (χ4n) is 10.5. The van der Waals surface area contributed by atoms with Gasteiger partial charge in [-0.1, -0.05) is 20.8 Å². The lowest BCUT2D eigenvalue weighted by Gasteiger charge is -2.62. The van der Waals surface area contributed by atoms with Crippen molar-refractivity contribution in [1.29, 1.82) is 0 Å². The van der Waals surface area contributed by atoms with Crippen LogP contribution in [0.5, 0.6) is 0 Å². The van der Waals surface area contributed by atoms with Gasteiger partial charge in [-0.2, -0.15) is 8.42 Å². The molecule has 4 aliphatic rings. The average molecular weight is 657 g/mol. The van der Waals surface area contributed by atoms with Crippen LogP contribution in [0.1, 0.15) is 111 Å². The van der Waals surface area contributed by atoms with Gasteiger partial charge in [0.25, 0.3) is 0 Å². The minimum atomic E-state index is -4.47. The fraction of sp³-hybridized carbons (Fsp3) is 0.971. The molecule has 4 rings (SSSR count). The summed E-state index contributed by atoms with van der Waals surface area (Å²) in [4.78, 5) is 12.7. The van der Waals surface area contributed by atoms with E-state index in [9.17, 15) is 22.9 Å². The Morgan fingerprint density at radius 1 is 0.911 bits per heavy atom. The van der Waals surface area contributed by atoms with Gasteiger partial charge in [-0.05, 0) is 163 Å². The molecule has 0 bridgehead atoms. The van der Waals surface area contributed by atoms with Crippen LogP contribution in [0.15, 0.2) is 0 Å². The quantitative estimate of drug-likeness (QED) is 0.0945. The third-order valence-corrected chi connectivity index (χ3v) is 13.4. The Bertz CT molecular complexity index is 1050. The van der Waals surface area contributed by atoms with Crippen molar-refractivity contribution in [2.45, 2.75) is 123 Å². The first-order valence-electron chi connectivity index (χ1n) is 18.1. The second kappa shape index (κ2) is 16.5. The third-order valence-electron chi connectivity index (χ3n) is 12.8. The zero-order chi connectivity index (χ0) is 32.7. The van der Waals surface area contributed by atoms with Crippen LogP contribution in [-0.2, 0) is 19.4 Å². The average Bonchev–Trinajstić information content (AvgIpc) is 3.33. The Morgan fingerprint density at radius 3 is 2.24 bits per heavy atom. The summed E-state index contributed by atoms with van der Waals surface area (Å²) in [5, 5.41) is 21.6. The summed E-state index contributed by atoms with van der Waals surface area (Å²) in [6.07, 6.45) is 12.2. The number of unbranched alkanes of at least 4 members (excludes halogenated alkanes) is 1. The molecule has 4 aliphatic carbocycles. The number of rotatable bonds is 18. The van der Waals surface area contributed by atoms with Crippen LogP contribution in [0.4, 0.5) is 0 Å². The smallest absolute Gasteiger partial charge is 0.393 e. The minimum absolute atomic E-state index is 0.0590. The van der Waals surface area contributed by atoms with Crippen molar-refractivity contribution in [3.8, 4) is 0 Å². The van der Waals surface area contributed by atoms with E-state index >= 15 is 0 Å². The van der Waals surface area contributed by atoms with Gasteiger partial charge in [0.1, 0.15) is 0 Å². The summed E-state index contributed by atoms with van der Waals surface area (Å²) >= 11 is 0. The normalized spacial score (nSPS) is 37.0. The van der Waals surface area contributed by atoms with Crippen molar-refractivity contribution < 1.29 is 27.1 Å². The third kappa shape index (κ3) is 9.42. The Morgan fingerprint density at radius 2 is 1.56 bits per heavy atom. The molecule has 0 radical (unpaired) electrons. The summed E-state index contributed by atoms with van der Waals surface area (Å²) < 4.78 is 36.9. The summed E-state index contributed by atoms with van der Waals surface area (Å²) in [7, 11) is -4.47. The first kappa shape index (κ1) is 37.0. The number of fused-ring (bicyclic) bond motifs is 5. The second-order valence-electron chi connectivity index (χ2n) is 15.5. The van der Waals surface area contributed by atoms with Gasteiger partial charge < -0.3 is 26.8 Å². The van der Waals surface area contributed by atoms with Crippen molar-refractivity contribution in [3.63, 3.8) is 0 Å². The summed E-state index contributed by atoms with van der Waals surface area (Å²) in [6.45, 7) is 12.6. The van der Waals surface area contributed by atoms with Crippen molar-refractivity contribution >= 4 is 16.3 Å². The molecule has 0 aromatic rings. The molecule has 0 aromatic carbocycles. The molecule has 0 spiro atoms. The number of nitrogens with two attached hydrogens (primary N) is 1. The molecule has 0 heterocycles. The van der Waals surface area contributed by atoms with Gasteiger partial charge in [-0.25, -0.2) is 4.18 Å². The van der Waals surface area contributed by atoms with Crippen LogP contribution < -0.4 is 21.7 Å². The molecule has 45 heavy (non-hydrogen) atoms. The van der Waals surface area contributed by atoms with Crippen LogP contribution in [0.25, 0.3) is 0 Å². The van der Waals surface area contributed by atoms with Crippen LogP contribution in [0, 0.1) is 46.3 Å². The molecule has 0 saturated heterocycles. The van der Waals surface area contributed by atoms with Gasteiger partial charge in [0.15, 0.2) is 0 Å². The number of carbonyl (C=O) groups excluding carboxylic acids is 1. The molecule has 11 heteroatoms. The fourth-order valence-corrected chi connectivity index (χ4v) is 11.0. The van der Waals surface area contributed by atoms with E-state index in [1.807, 2.05) is 0 Å². The number of amides is 1. The summed E-state index contributed by atoms with van der Waals surface area (Å²) in [5.74, 6) is 2.56. The van der Waals surface area contributed by atoms with Gasteiger partial charge >= 0.3 is 10.4 Å². The number of aliphatic hydroxyl groups excluding tert-OH is 1. The monoisotopic (exact) mass is 656 g/mol. The zero-order valence-electron chi connectivity index (χ0n) is 28.3. The molecule has 0 aromatic heterocycles. The maximum Gasteiger partial charge on any atom is 0.397 e. The molecular formula is C34H64N4O6S. The van der Waals surface area contributed by atoms with Gasteiger partial charge in [-0.3, -0.25) is 9.35 Å². The van der Waals surface area contributed by atoms with Crippen molar-refractivity contribution in [2.24, 2.45) is 52.1 Å². The predicted molar refractivity (Wildman–Crippen MR) is 178 cm³/mol. The molecule has 262 valence electrons. The molecule has 10 nitrogen and oxygen atoms in total. The van der Waals surface area contributed by atoms with Gasteiger partial charge in [0.2, 0.25) is 5.91 Å². The number of hydrogen-bond acceptors (Lipinski definition) is 8. The van der Waals surface area contributed by atoms with Crippen molar-refractivity contribution in [2.75, 3.05) is 39.3 Å². The van der Waals surface area contributed by atoms with E-state index in [-0.39, 0.29) is 34.7 Å². The Labute approximate surface area is 273 Å². The Kier molecular flexibility index (Phi) is 13.6. The molecule has 4 saturated carbocycles. The van der Waals surface area contributed by atoms with Gasteiger partial charge in [-0.15, -0.1) is 0 Å². The number of hydrogen-bond donors (Lipinski definition) is 6. The van der Waals surface area contributed by atoms with E-state index in [4.69, 9.17) is 9.92 Å². The van der Waals surface area contributed by atoms with E-state index in [1.165, 1.54) is 6.42 Å². The second-order valence-corrected chi connectivity index (χ2v) is 16.6. The Balaban J connectivity index is 1.18. The molecule has 1 amide bonds. The first-order chi connectivity index (χ1) is 21.4. The van der Waals surface area contributed by atoms with E-state index in [0.717, 1.165) is 90.5 Å². The van der Waals surface area contributed by atoms with Crippen molar-refractivity contribution in [3.05, 3.63) is 0 Å². The predicted octanol–water partition coefficient (Wildman–Crippen LogP) is 4.03. The van der Waals surface area contributed by atoms with Crippen molar-refractivity contribution in [1.82, 2.24) is 16.0 Å². The lowest BCUT2D eigenvalue weighted by atomic mass is 9.43. The number of nitrogens with one attached hydrogen (secondary N) is 3. The molecule has 7 N–H and O–H groups in total. The highest BCUT2D eigenvalue weighted by Gasteiger charge is 2.63. The summed E-state index contributed by atoms with van der Waals surface area (Å²) in [6, 6.07) is 0. The minimum Gasteiger partial charge on any atom is -0.393 e. The molecule has 10 atom stereocenters. The lowest BCUT2D eigenvalue weighted by molar-refractivity contribution is -0.172.